The first kappa shape index (κ1) is 12.0. The fourth-order valence-corrected chi connectivity index (χ4v) is 1.77. The molecule has 0 fully saturated rings. The summed E-state index contributed by atoms with van der Waals surface area (Å²) < 4.78 is 5.72. The largest absolute Gasteiger partial charge is 0.489 e. The lowest BCUT2D eigenvalue weighted by Crippen LogP contribution is -1.98. The molecule has 0 aliphatic rings. The van der Waals surface area contributed by atoms with Crippen molar-refractivity contribution in [1.29, 1.82) is 0 Å². The highest BCUT2D eigenvalue weighted by Gasteiger charge is 2.00. The van der Waals surface area contributed by atoms with Gasteiger partial charge in [-0.25, -0.2) is 0 Å². The Balaban J connectivity index is 2.07. The van der Waals surface area contributed by atoms with E-state index in [0.29, 0.717) is 6.61 Å². The van der Waals surface area contributed by atoms with Crippen LogP contribution in [-0.2, 0) is 6.61 Å². The van der Waals surface area contributed by atoms with Gasteiger partial charge in [0.1, 0.15) is 12.4 Å². The number of hydrogen-bond donors (Lipinski definition) is 0. The summed E-state index contributed by atoms with van der Waals surface area (Å²) in [5, 5.41) is 0.726. The standard InChI is InChI=1S/C15H15ClO/c1-11-3-4-12(2)13(9-11)10-17-15-7-5-14(16)6-8-15/h3-9H,10H2,1-2H3. The Morgan fingerprint density at radius 3 is 2.41 bits per heavy atom. The summed E-state index contributed by atoms with van der Waals surface area (Å²) in [7, 11) is 0. The van der Waals surface area contributed by atoms with E-state index in [1.54, 1.807) is 0 Å². The van der Waals surface area contributed by atoms with Gasteiger partial charge in [0, 0.05) is 5.02 Å². The van der Waals surface area contributed by atoms with Crippen LogP contribution in [0.1, 0.15) is 16.7 Å². The highest BCUT2D eigenvalue weighted by atomic mass is 35.5. The minimum atomic E-state index is 0.592. The van der Waals surface area contributed by atoms with Crippen molar-refractivity contribution in [3.63, 3.8) is 0 Å². The molecule has 0 bridgehead atoms. The molecule has 2 aromatic rings. The molecule has 0 amide bonds. The van der Waals surface area contributed by atoms with Crippen LogP contribution in [0, 0.1) is 13.8 Å². The van der Waals surface area contributed by atoms with Gasteiger partial charge in [0.2, 0.25) is 0 Å². The Labute approximate surface area is 107 Å². The number of rotatable bonds is 3. The number of hydrogen-bond acceptors (Lipinski definition) is 1. The van der Waals surface area contributed by atoms with E-state index in [9.17, 15) is 0 Å². The Morgan fingerprint density at radius 1 is 1.00 bits per heavy atom. The molecule has 0 heterocycles. The maximum Gasteiger partial charge on any atom is 0.119 e. The molecule has 2 rings (SSSR count). The van der Waals surface area contributed by atoms with Gasteiger partial charge in [-0.3, -0.25) is 0 Å². The molecule has 0 unspecified atom stereocenters. The van der Waals surface area contributed by atoms with Crippen LogP contribution in [0.15, 0.2) is 42.5 Å². The van der Waals surface area contributed by atoms with Crippen LogP contribution in [0.2, 0.25) is 5.02 Å². The average molecular weight is 247 g/mol. The summed E-state index contributed by atoms with van der Waals surface area (Å²) in [6.07, 6.45) is 0. The lowest BCUT2D eigenvalue weighted by Gasteiger charge is -2.09. The maximum atomic E-state index is 5.82. The van der Waals surface area contributed by atoms with Crippen LogP contribution in [0.5, 0.6) is 5.75 Å². The van der Waals surface area contributed by atoms with Crippen molar-refractivity contribution < 1.29 is 4.74 Å². The number of ether oxygens (including phenoxy) is 1. The van der Waals surface area contributed by atoms with Gasteiger partial charge in [-0.05, 0) is 49.2 Å². The molecule has 0 saturated heterocycles. The third-order valence-corrected chi connectivity index (χ3v) is 2.96. The Bertz CT molecular complexity index is 503. The minimum Gasteiger partial charge on any atom is -0.489 e. The molecule has 2 aromatic carbocycles. The zero-order valence-corrected chi connectivity index (χ0v) is 10.8. The zero-order chi connectivity index (χ0) is 12.3. The van der Waals surface area contributed by atoms with E-state index < -0.39 is 0 Å². The van der Waals surface area contributed by atoms with E-state index in [0.717, 1.165) is 10.8 Å². The second-order valence-corrected chi connectivity index (χ2v) is 4.61. The van der Waals surface area contributed by atoms with Gasteiger partial charge in [0.15, 0.2) is 0 Å². The Morgan fingerprint density at radius 2 is 1.71 bits per heavy atom. The van der Waals surface area contributed by atoms with Gasteiger partial charge in [-0.1, -0.05) is 35.4 Å². The SMILES string of the molecule is Cc1ccc(C)c(COc2ccc(Cl)cc2)c1. The van der Waals surface area contributed by atoms with Crippen LogP contribution in [0.25, 0.3) is 0 Å². The fraction of sp³-hybridized carbons (Fsp3) is 0.200. The predicted molar refractivity (Wildman–Crippen MR) is 71.7 cm³/mol. The van der Waals surface area contributed by atoms with Gasteiger partial charge in [0.05, 0.1) is 0 Å². The van der Waals surface area contributed by atoms with Crippen molar-refractivity contribution >= 4 is 11.6 Å². The molecule has 0 saturated carbocycles. The van der Waals surface area contributed by atoms with Crippen molar-refractivity contribution in [2.75, 3.05) is 0 Å². The lowest BCUT2D eigenvalue weighted by atomic mass is 10.1. The Kier molecular flexibility index (Phi) is 3.70. The van der Waals surface area contributed by atoms with Crippen molar-refractivity contribution in [3.05, 3.63) is 64.2 Å². The molecule has 17 heavy (non-hydrogen) atoms. The van der Waals surface area contributed by atoms with Crippen molar-refractivity contribution in [3.8, 4) is 5.75 Å². The molecular formula is C15H15ClO. The number of aryl methyl sites for hydroxylation is 2. The van der Waals surface area contributed by atoms with Crippen LogP contribution in [-0.4, -0.2) is 0 Å². The Hall–Kier alpha value is -1.47. The first-order valence-corrected chi connectivity index (χ1v) is 5.97. The van der Waals surface area contributed by atoms with Gasteiger partial charge < -0.3 is 4.74 Å². The normalized spacial score (nSPS) is 10.3. The van der Waals surface area contributed by atoms with Crippen molar-refractivity contribution in [2.24, 2.45) is 0 Å². The van der Waals surface area contributed by atoms with E-state index >= 15 is 0 Å². The molecule has 0 spiro atoms. The summed E-state index contributed by atoms with van der Waals surface area (Å²) in [6.45, 7) is 4.78. The fourth-order valence-electron chi connectivity index (χ4n) is 1.65. The van der Waals surface area contributed by atoms with E-state index in [1.165, 1.54) is 16.7 Å². The smallest absolute Gasteiger partial charge is 0.119 e. The zero-order valence-electron chi connectivity index (χ0n) is 10.0. The summed E-state index contributed by atoms with van der Waals surface area (Å²) in [5.41, 5.74) is 3.73. The first-order valence-electron chi connectivity index (χ1n) is 5.59. The molecule has 0 N–H and O–H groups in total. The maximum absolute atomic E-state index is 5.82. The monoisotopic (exact) mass is 246 g/mol. The van der Waals surface area contributed by atoms with Gasteiger partial charge in [0.25, 0.3) is 0 Å². The molecule has 0 atom stereocenters. The van der Waals surface area contributed by atoms with Crippen molar-refractivity contribution in [2.45, 2.75) is 20.5 Å². The molecular weight excluding hydrogens is 232 g/mol. The predicted octanol–water partition coefficient (Wildman–Crippen LogP) is 4.54. The molecule has 0 aliphatic carbocycles. The van der Waals surface area contributed by atoms with Crippen LogP contribution < -0.4 is 4.74 Å². The summed E-state index contributed by atoms with van der Waals surface area (Å²) in [5.74, 6) is 0.843. The van der Waals surface area contributed by atoms with E-state index in [-0.39, 0.29) is 0 Å². The van der Waals surface area contributed by atoms with Gasteiger partial charge in [-0.15, -0.1) is 0 Å². The summed E-state index contributed by atoms with van der Waals surface area (Å²) in [4.78, 5) is 0. The highest BCUT2D eigenvalue weighted by molar-refractivity contribution is 6.30. The molecule has 88 valence electrons. The molecule has 0 radical (unpaired) electrons. The number of benzene rings is 2. The van der Waals surface area contributed by atoms with E-state index in [4.69, 9.17) is 16.3 Å². The first-order chi connectivity index (χ1) is 8.15. The van der Waals surface area contributed by atoms with Crippen molar-refractivity contribution in [1.82, 2.24) is 0 Å². The average Bonchev–Trinajstić information content (AvgIpc) is 2.32. The van der Waals surface area contributed by atoms with Crippen LogP contribution >= 0.6 is 11.6 Å². The molecule has 1 nitrogen and oxygen atoms in total. The second-order valence-electron chi connectivity index (χ2n) is 4.17. The van der Waals surface area contributed by atoms with Gasteiger partial charge in [-0.2, -0.15) is 0 Å². The van der Waals surface area contributed by atoms with Crippen LogP contribution in [0.3, 0.4) is 0 Å². The molecule has 2 heteroatoms. The van der Waals surface area contributed by atoms with E-state index in [1.807, 2.05) is 24.3 Å². The van der Waals surface area contributed by atoms with E-state index in [2.05, 4.69) is 32.0 Å². The minimum absolute atomic E-state index is 0.592. The third kappa shape index (κ3) is 3.24. The number of halogens is 1. The summed E-state index contributed by atoms with van der Waals surface area (Å²) in [6, 6.07) is 13.8. The molecule has 0 aliphatic heterocycles. The lowest BCUT2D eigenvalue weighted by molar-refractivity contribution is 0.305. The topological polar surface area (TPSA) is 9.23 Å². The third-order valence-electron chi connectivity index (χ3n) is 2.71. The van der Waals surface area contributed by atoms with Crippen LogP contribution in [0.4, 0.5) is 0 Å². The summed E-state index contributed by atoms with van der Waals surface area (Å²) >= 11 is 5.82. The quantitative estimate of drug-likeness (QED) is 0.773. The molecule has 0 aromatic heterocycles. The highest BCUT2D eigenvalue weighted by Crippen LogP contribution is 2.18. The second kappa shape index (κ2) is 5.24. The van der Waals surface area contributed by atoms with Gasteiger partial charge >= 0.3 is 0 Å².